The molecular weight excluding hydrogens is 174 g/mol. The van der Waals surface area contributed by atoms with E-state index in [0.717, 1.165) is 0 Å². The van der Waals surface area contributed by atoms with Gasteiger partial charge >= 0.3 is 11.5 Å². The van der Waals surface area contributed by atoms with Gasteiger partial charge in [0.1, 0.15) is 6.61 Å². The summed E-state index contributed by atoms with van der Waals surface area (Å²) in [5.74, 6) is -1.09. The van der Waals surface area contributed by atoms with E-state index in [4.69, 9.17) is 11.7 Å². The summed E-state index contributed by atoms with van der Waals surface area (Å²) in [6.07, 6.45) is 0. The fourth-order valence-electron chi connectivity index (χ4n) is 0.626. The van der Waals surface area contributed by atoms with E-state index in [-0.39, 0.29) is 0 Å². The quantitative estimate of drug-likeness (QED) is 0.486. The largest absolute Gasteiger partial charge is 0.457 e. The molecule has 0 aliphatic rings. The predicted octanol–water partition coefficient (Wildman–Crippen LogP) is -0.211. The highest BCUT2D eigenvalue weighted by atomic mass is 16.5. The number of esters is 1. The Bertz CT molecular complexity index is 255. The van der Waals surface area contributed by atoms with Crippen LogP contribution in [0.1, 0.15) is 13.8 Å². The Morgan fingerprint density at radius 3 is 2.31 bits per heavy atom. The second kappa shape index (κ2) is 4.58. The van der Waals surface area contributed by atoms with Gasteiger partial charge in [-0.2, -0.15) is 0 Å². The Morgan fingerprint density at radius 1 is 1.54 bits per heavy atom. The van der Waals surface area contributed by atoms with Crippen LogP contribution in [0.25, 0.3) is 4.85 Å². The van der Waals surface area contributed by atoms with Crippen LogP contribution in [0.3, 0.4) is 0 Å². The molecule has 0 amide bonds. The van der Waals surface area contributed by atoms with Crippen molar-refractivity contribution in [2.24, 2.45) is 0 Å². The fourth-order valence-corrected chi connectivity index (χ4v) is 0.626. The van der Waals surface area contributed by atoms with E-state index in [1.165, 1.54) is 13.8 Å². The van der Waals surface area contributed by atoms with Gasteiger partial charge in [0.05, 0.1) is 0 Å². The van der Waals surface area contributed by atoms with Crippen LogP contribution in [-0.2, 0) is 14.3 Å². The van der Waals surface area contributed by atoms with Crippen molar-refractivity contribution in [2.75, 3.05) is 13.2 Å². The molecule has 0 aromatic rings. The van der Waals surface area contributed by atoms with E-state index in [1.54, 1.807) is 0 Å². The van der Waals surface area contributed by atoms with E-state index in [0.29, 0.717) is 0 Å². The topological polar surface area (TPSA) is 68.0 Å². The Labute approximate surface area is 76.1 Å². The van der Waals surface area contributed by atoms with Gasteiger partial charge < -0.3 is 9.84 Å². The molecule has 72 valence electrons. The van der Waals surface area contributed by atoms with Gasteiger partial charge in [-0.1, -0.05) is 0 Å². The molecule has 13 heavy (non-hydrogen) atoms. The lowest BCUT2D eigenvalue weighted by atomic mass is 9.98. The molecule has 5 nitrogen and oxygen atoms in total. The second-order valence-electron chi connectivity index (χ2n) is 2.64. The minimum absolute atomic E-state index is 0.391. The number of nitrogens with zero attached hydrogens (tertiary/aromatic N) is 1. The predicted molar refractivity (Wildman–Crippen MR) is 43.7 cm³/mol. The second-order valence-corrected chi connectivity index (χ2v) is 2.64. The van der Waals surface area contributed by atoms with Crippen LogP contribution in [0.5, 0.6) is 0 Å². The standard InChI is InChI=1S/C8H11NO4/c1-6(11)8(4-10,9-3)5-13-7(2)12/h10H,4-5H2,1-2H3. The lowest BCUT2D eigenvalue weighted by Gasteiger charge is -2.15. The molecule has 0 heterocycles. The zero-order valence-corrected chi connectivity index (χ0v) is 7.53. The van der Waals surface area contributed by atoms with Gasteiger partial charge in [0, 0.05) is 13.8 Å². The van der Waals surface area contributed by atoms with Crippen molar-refractivity contribution in [2.45, 2.75) is 19.4 Å². The first kappa shape index (κ1) is 11.6. The molecule has 0 fully saturated rings. The minimum Gasteiger partial charge on any atom is -0.457 e. The Hall–Kier alpha value is -1.41. The molecular formula is C8H11NO4. The third-order valence-corrected chi connectivity index (χ3v) is 1.65. The Kier molecular flexibility index (Phi) is 4.08. The summed E-state index contributed by atoms with van der Waals surface area (Å²) in [7, 11) is 0. The maximum atomic E-state index is 11.0. The van der Waals surface area contributed by atoms with Crippen LogP contribution in [0, 0.1) is 6.57 Å². The summed E-state index contributed by atoms with van der Waals surface area (Å²) in [5.41, 5.74) is -1.62. The highest BCUT2D eigenvalue weighted by molar-refractivity contribution is 5.88. The third-order valence-electron chi connectivity index (χ3n) is 1.65. The van der Waals surface area contributed by atoms with E-state index < -0.39 is 30.5 Å². The van der Waals surface area contributed by atoms with Gasteiger partial charge in [-0.15, -0.1) is 0 Å². The molecule has 0 bridgehead atoms. The highest BCUT2D eigenvalue weighted by Crippen LogP contribution is 2.12. The summed E-state index contributed by atoms with van der Waals surface area (Å²) in [5, 5.41) is 8.83. The van der Waals surface area contributed by atoms with Crippen molar-refractivity contribution >= 4 is 11.8 Å². The van der Waals surface area contributed by atoms with Crippen molar-refractivity contribution in [3.05, 3.63) is 11.4 Å². The van der Waals surface area contributed by atoms with E-state index in [1.807, 2.05) is 0 Å². The van der Waals surface area contributed by atoms with Crippen LogP contribution < -0.4 is 0 Å². The van der Waals surface area contributed by atoms with Gasteiger partial charge in [-0.25, -0.2) is 6.57 Å². The van der Waals surface area contributed by atoms with Gasteiger partial charge in [0.25, 0.3) is 0 Å². The zero-order valence-electron chi connectivity index (χ0n) is 7.53. The van der Waals surface area contributed by atoms with Gasteiger partial charge in [0.15, 0.2) is 6.61 Å². The monoisotopic (exact) mass is 185 g/mol. The Morgan fingerprint density at radius 2 is 2.08 bits per heavy atom. The number of carbonyl (C=O) groups is 2. The van der Waals surface area contributed by atoms with E-state index in [2.05, 4.69) is 9.58 Å². The molecule has 0 saturated carbocycles. The molecule has 0 aromatic heterocycles. The zero-order chi connectivity index (χ0) is 10.5. The molecule has 0 aromatic carbocycles. The summed E-state index contributed by atoms with van der Waals surface area (Å²) in [6, 6.07) is 0. The average Bonchev–Trinajstić information content (AvgIpc) is 2.06. The maximum Gasteiger partial charge on any atom is 0.344 e. The van der Waals surface area contributed by atoms with Crippen molar-refractivity contribution in [3.8, 4) is 0 Å². The SMILES string of the molecule is [C-]#[N+]C(CO)(COC(C)=O)C(C)=O. The first-order valence-electron chi connectivity index (χ1n) is 3.62. The Balaban J connectivity index is 4.52. The van der Waals surface area contributed by atoms with Crippen molar-refractivity contribution in [1.82, 2.24) is 0 Å². The summed E-state index contributed by atoms with van der Waals surface area (Å²) >= 11 is 0. The summed E-state index contributed by atoms with van der Waals surface area (Å²) in [4.78, 5) is 24.4. The first-order valence-corrected chi connectivity index (χ1v) is 3.62. The molecule has 1 N–H and O–H groups in total. The number of rotatable bonds is 4. The molecule has 0 aliphatic carbocycles. The van der Waals surface area contributed by atoms with Crippen LogP contribution in [-0.4, -0.2) is 35.6 Å². The number of aliphatic hydroxyl groups is 1. The number of carbonyl (C=O) groups excluding carboxylic acids is 2. The van der Waals surface area contributed by atoms with Crippen molar-refractivity contribution in [1.29, 1.82) is 0 Å². The lowest BCUT2D eigenvalue weighted by molar-refractivity contribution is -0.144. The summed E-state index contributed by atoms with van der Waals surface area (Å²) < 4.78 is 4.52. The van der Waals surface area contributed by atoms with Crippen LogP contribution in [0.15, 0.2) is 0 Å². The summed E-state index contributed by atoms with van der Waals surface area (Å²) in [6.45, 7) is 8.06. The molecule has 0 aliphatic heterocycles. The molecule has 0 saturated heterocycles. The maximum absolute atomic E-state index is 11.0. The number of hydrogen-bond donors (Lipinski definition) is 1. The van der Waals surface area contributed by atoms with Crippen LogP contribution in [0.4, 0.5) is 0 Å². The molecule has 0 spiro atoms. The van der Waals surface area contributed by atoms with Gasteiger partial charge in [0.2, 0.25) is 5.78 Å². The molecule has 5 heteroatoms. The van der Waals surface area contributed by atoms with Crippen molar-refractivity contribution in [3.63, 3.8) is 0 Å². The molecule has 1 unspecified atom stereocenters. The average molecular weight is 185 g/mol. The highest BCUT2D eigenvalue weighted by Gasteiger charge is 2.43. The number of ether oxygens (including phenoxy) is 1. The van der Waals surface area contributed by atoms with Crippen LogP contribution in [0.2, 0.25) is 0 Å². The van der Waals surface area contributed by atoms with Crippen LogP contribution >= 0.6 is 0 Å². The van der Waals surface area contributed by atoms with E-state index in [9.17, 15) is 9.59 Å². The molecule has 0 radical (unpaired) electrons. The van der Waals surface area contributed by atoms with Crippen molar-refractivity contribution < 1.29 is 19.4 Å². The fraction of sp³-hybridized carbons (Fsp3) is 0.625. The number of aliphatic hydroxyl groups excluding tert-OH is 1. The van der Waals surface area contributed by atoms with E-state index >= 15 is 0 Å². The van der Waals surface area contributed by atoms with Gasteiger partial charge in [-0.3, -0.25) is 14.4 Å². The number of ketones is 1. The molecule has 1 atom stereocenters. The lowest BCUT2D eigenvalue weighted by Crippen LogP contribution is -2.42. The number of Topliss-reactive ketones (excluding diaryl/α,β-unsaturated/α-hetero) is 1. The third kappa shape index (κ3) is 2.84. The minimum atomic E-state index is -1.62. The number of hydrogen-bond acceptors (Lipinski definition) is 4. The smallest absolute Gasteiger partial charge is 0.344 e. The normalized spacial score (nSPS) is 14.0. The molecule has 0 rings (SSSR count). The first-order chi connectivity index (χ1) is 5.98. The van der Waals surface area contributed by atoms with Gasteiger partial charge in [-0.05, 0) is 0 Å².